The van der Waals surface area contributed by atoms with Crippen molar-refractivity contribution >= 4 is 16.9 Å². The number of benzene rings is 2. The van der Waals surface area contributed by atoms with E-state index in [1.807, 2.05) is 0 Å². The maximum atomic E-state index is 12.8. The van der Waals surface area contributed by atoms with Gasteiger partial charge in [-0.2, -0.15) is 13.2 Å². The maximum absolute atomic E-state index is 12.8. The Labute approximate surface area is 163 Å². The molecule has 0 spiro atoms. The molecular weight excluding hydrogens is 389 g/mol. The van der Waals surface area contributed by atoms with Gasteiger partial charge in [-0.15, -0.1) is 0 Å². The fourth-order valence-corrected chi connectivity index (χ4v) is 2.89. The van der Waals surface area contributed by atoms with Crippen LogP contribution in [-0.2, 0) is 28.7 Å². The first kappa shape index (κ1) is 20.4. The third-order valence-electron chi connectivity index (χ3n) is 4.47. The first-order chi connectivity index (χ1) is 13.7. The van der Waals surface area contributed by atoms with Gasteiger partial charge in [-0.25, -0.2) is 4.79 Å². The van der Waals surface area contributed by atoms with Crippen LogP contribution in [0.2, 0.25) is 0 Å². The molecule has 152 valence electrons. The number of alkyl halides is 3. The molecule has 2 aromatic carbocycles. The molecule has 0 saturated carbocycles. The third-order valence-corrected chi connectivity index (χ3v) is 4.47. The minimum atomic E-state index is -4.43. The highest BCUT2D eigenvalue weighted by molar-refractivity contribution is 5.84. The number of fused-ring (bicyclic) bond motifs is 1. The summed E-state index contributed by atoms with van der Waals surface area (Å²) < 4.78 is 53.8. The number of carbonyl (C=O) groups is 1. The van der Waals surface area contributed by atoms with Gasteiger partial charge in [-0.3, -0.25) is 4.79 Å². The van der Waals surface area contributed by atoms with Crippen molar-refractivity contribution in [1.29, 1.82) is 0 Å². The second-order valence-corrected chi connectivity index (χ2v) is 6.39. The van der Waals surface area contributed by atoms with E-state index in [4.69, 9.17) is 9.15 Å². The maximum Gasteiger partial charge on any atom is 0.416 e. The van der Waals surface area contributed by atoms with Crippen LogP contribution < -0.4 is 10.4 Å². The Bertz CT molecular complexity index is 1120. The lowest BCUT2D eigenvalue weighted by molar-refractivity contribution is -0.140. The molecule has 8 heteroatoms. The summed E-state index contributed by atoms with van der Waals surface area (Å²) in [4.78, 5) is 23.7. The number of rotatable bonds is 5. The zero-order valence-corrected chi connectivity index (χ0v) is 15.6. The van der Waals surface area contributed by atoms with Crippen molar-refractivity contribution < 1.29 is 31.9 Å². The van der Waals surface area contributed by atoms with Crippen LogP contribution >= 0.6 is 0 Å². The van der Waals surface area contributed by atoms with Gasteiger partial charge in [0.15, 0.2) is 0 Å². The number of carbonyl (C=O) groups excluding carboxylic acids is 1. The van der Waals surface area contributed by atoms with Crippen LogP contribution in [0.5, 0.6) is 5.75 Å². The van der Waals surface area contributed by atoms with Crippen LogP contribution in [0, 0.1) is 6.92 Å². The summed E-state index contributed by atoms with van der Waals surface area (Å²) >= 11 is 0. The summed E-state index contributed by atoms with van der Waals surface area (Å²) in [5, 5.41) is 0.620. The summed E-state index contributed by atoms with van der Waals surface area (Å²) in [6.07, 6.45) is -4.63. The lowest BCUT2D eigenvalue weighted by atomic mass is 10.0. The topological polar surface area (TPSA) is 65.7 Å². The Morgan fingerprint density at radius 3 is 2.59 bits per heavy atom. The van der Waals surface area contributed by atoms with Gasteiger partial charge in [0.05, 0.1) is 24.7 Å². The van der Waals surface area contributed by atoms with Crippen LogP contribution in [0.3, 0.4) is 0 Å². The second kappa shape index (κ2) is 7.98. The van der Waals surface area contributed by atoms with Crippen LogP contribution in [0.15, 0.2) is 51.7 Å². The minimum absolute atomic E-state index is 0.0843. The highest BCUT2D eigenvalue weighted by atomic mass is 19.4. The van der Waals surface area contributed by atoms with Crippen LogP contribution in [0.4, 0.5) is 13.2 Å². The van der Waals surface area contributed by atoms with Crippen molar-refractivity contribution in [3.8, 4) is 5.75 Å². The van der Waals surface area contributed by atoms with E-state index in [0.717, 1.165) is 12.1 Å². The van der Waals surface area contributed by atoms with Gasteiger partial charge in [0, 0.05) is 11.5 Å². The summed E-state index contributed by atoms with van der Waals surface area (Å²) in [6, 6.07) is 9.61. The van der Waals surface area contributed by atoms with E-state index >= 15 is 0 Å². The molecule has 1 heterocycles. The summed E-state index contributed by atoms with van der Waals surface area (Å²) in [5.74, 6) is -0.223. The largest absolute Gasteiger partial charge is 0.489 e. The van der Waals surface area contributed by atoms with Crippen LogP contribution in [0.1, 0.15) is 22.3 Å². The number of hydrogen-bond acceptors (Lipinski definition) is 5. The molecule has 0 bridgehead atoms. The van der Waals surface area contributed by atoms with E-state index in [9.17, 15) is 22.8 Å². The predicted molar refractivity (Wildman–Crippen MR) is 98.7 cm³/mol. The molecule has 0 unspecified atom stereocenters. The van der Waals surface area contributed by atoms with Gasteiger partial charge in [-0.1, -0.05) is 12.1 Å². The number of methoxy groups -OCH3 is 1. The number of hydrogen-bond donors (Lipinski definition) is 0. The Morgan fingerprint density at radius 2 is 1.90 bits per heavy atom. The minimum Gasteiger partial charge on any atom is -0.489 e. The van der Waals surface area contributed by atoms with Crippen molar-refractivity contribution in [3.05, 3.63) is 75.1 Å². The lowest BCUT2D eigenvalue weighted by Crippen LogP contribution is -2.16. The van der Waals surface area contributed by atoms with Crippen LogP contribution in [0.25, 0.3) is 11.0 Å². The molecule has 0 aliphatic heterocycles. The van der Waals surface area contributed by atoms with Crippen LogP contribution in [-0.4, -0.2) is 13.1 Å². The molecule has 0 amide bonds. The average molecular weight is 406 g/mol. The van der Waals surface area contributed by atoms with Gasteiger partial charge in [0.2, 0.25) is 0 Å². The zero-order valence-electron chi connectivity index (χ0n) is 15.6. The van der Waals surface area contributed by atoms with Crippen molar-refractivity contribution in [1.82, 2.24) is 0 Å². The molecule has 0 fully saturated rings. The molecule has 0 saturated heterocycles. The van der Waals surface area contributed by atoms with E-state index in [1.165, 1.54) is 25.3 Å². The number of ether oxygens (including phenoxy) is 2. The molecule has 0 aliphatic rings. The van der Waals surface area contributed by atoms with Crippen molar-refractivity contribution in [2.75, 3.05) is 7.11 Å². The predicted octanol–water partition coefficient (Wildman–Crippen LogP) is 4.41. The normalized spacial score (nSPS) is 11.5. The molecule has 5 nitrogen and oxygen atoms in total. The highest BCUT2D eigenvalue weighted by Crippen LogP contribution is 2.30. The number of halogens is 3. The molecule has 29 heavy (non-hydrogen) atoms. The van der Waals surface area contributed by atoms with E-state index in [-0.39, 0.29) is 24.2 Å². The summed E-state index contributed by atoms with van der Waals surface area (Å²) in [7, 11) is 1.23. The zero-order chi connectivity index (χ0) is 21.2. The molecule has 1 aromatic heterocycles. The Hall–Kier alpha value is -3.29. The molecule has 0 atom stereocenters. The highest BCUT2D eigenvalue weighted by Gasteiger charge is 2.30. The summed E-state index contributed by atoms with van der Waals surface area (Å²) in [6.45, 7) is 1.61. The van der Waals surface area contributed by atoms with Gasteiger partial charge < -0.3 is 13.9 Å². The number of esters is 1. The second-order valence-electron chi connectivity index (χ2n) is 6.39. The molecule has 0 aliphatic carbocycles. The quantitative estimate of drug-likeness (QED) is 0.464. The standard InChI is InChI=1S/C21H17F3O5/c1-12-16-7-6-15(9-18(16)29-20(26)17(12)10-19(25)27-2)28-11-13-4-3-5-14(8-13)21(22,23)24/h3-9H,10-11H2,1-2H3. The summed E-state index contributed by atoms with van der Waals surface area (Å²) in [5.41, 5.74) is -0.00556. The lowest BCUT2D eigenvalue weighted by Gasteiger charge is -2.11. The van der Waals surface area contributed by atoms with Gasteiger partial charge in [0.25, 0.3) is 0 Å². The first-order valence-corrected chi connectivity index (χ1v) is 8.61. The Kier molecular flexibility index (Phi) is 5.63. The first-order valence-electron chi connectivity index (χ1n) is 8.61. The monoisotopic (exact) mass is 406 g/mol. The third kappa shape index (κ3) is 4.59. The molecule has 0 radical (unpaired) electrons. The fourth-order valence-electron chi connectivity index (χ4n) is 2.89. The van der Waals surface area contributed by atoms with Crippen molar-refractivity contribution in [3.63, 3.8) is 0 Å². The molecule has 3 rings (SSSR count). The van der Waals surface area contributed by atoms with E-state index in [2.05, 4.69) is 4.74 Å². The Morgan fingerprint density at radius 1 is 1.14 bits per heavy atom. The number of aryl methyl sites for hydroxylation is 1. The molecule has 3 aromatic rings. The van der Waals surface area contributed by atoms with E-state index < -0.39 is 23.3 Å². The van der Waals surface area contributed by atoms with Gasteiger partial charge in [-0.05, 0) is 42.3 Å². The Balaban J connectivity index is 1.84. The van der Waals surface area contributed by atoms with E-state index in [1.54, 1.807) is 19.1 Å². The average Bonchev–Trinajstić information content (AvgIpc) is 2.68. The van der Waals surface area contributed by atoms with Gasteiger partial charge in [0.1, 0.15) is 17.9 Å². The van der Waals surface area contributed by atoms with Crippen molar-refractivity contribution in [2.24, 2.45) is 0 Å². The molecule has 0 N–H and O–H groups in total. The van der Waals surface area contributed by atoms with Gasteiger partial charge >= 0.3 is 17.8 Å². The van der Waals surface area contributed by atoms with E-state index in [0.29, 0.717) is 22.3 Å². The smallest absolute Gasteiger partial charge is 0.416 e. The van der Waals surface area contributed by atoms with Crippen molar-refractivity contribution in [2.45, 2.75) is 26.1 Å². The fraction of sp³-hybridized carbons (Fsp3) is 0.238. The SMILES string of the molecule is COC(=O)Cc1c(C)c2ccc(OCc3cccc(C(F)(F)F)c3)cc2oc1=O. The molecular formula is C21H17F3O5.